The molecule has 0 radical (unpaired) electrons. The summed E-state index contributed by atoms with van der Waals surface area (Å²) >= 11 is 0. The fourth-order valence-electron chi connectivity index (χ4n) is 3.74. The number of para-hydroxylation sites is 2. The third-order valence-corrected chi connectivity index (χ3v) is 5.76. The summed E-state index contributed by atoms with van der Waals surface area (Å²) in [6.45, 7) is 7.24. The summed E-state index contributed by atoms with van der Waals surface area (Å²) in [4.78, 5) is 4.18. The van der Waals surface area contributed by atoms with Gasteiger partial charge in [-0.3, -0.25) is 0 Å². The van der Waals surface area contributed by atoms with Crippen LogP contribution < -0.4 is 5.32 Å². The first kappa shape index (κ1) is 20.5. The molecule has 1 heterocycles. The number of benzene rings is 2. The lowest BCUT2D eigenvalue weighted by Crippen LogP contribution is -2.35. The van der Waals surface area contributed by atoms with E-state index in [0.29, 0.717) is 18.0 Å². The van der Waals surface area contributed by atoms with Crippen LogP contribution in [-0.2, 0) is 13.6 Å². The molecule has 1 aliphatic rings. The van der Waals surface area contributed by atoms with E-state index in [1.807, 2.05) is 55.2 Å². The van der Waals surface area contributed by atoms with Crippen LogP contribution in [0.2, 0.25) is 0 Å². The first-order chi connectivity index (χ1) is 13.3. The van der Waals surface area contributed by atoms with Gasteiger partial charge in [-0.1, -0.05) is 38.1 Å². The summed E-state index contributed by atoms with van der Waals surface area (Å²) in [7, 11) is 2.00. The van der Waals surface area contributed by atoms with Crippen molar-refractivity contribution < 1.29 is 4.39 Å². The monoisotopic (exact) mass is 381 g/mol. The van der Waals surface area contributed by atoms with Crippen molar-refractivity contribution in [3.63, 3.8) is 0 Å². The van der Waals surface area contributed by atoms with Gasteiger partial charge < -0.3 is 9.88 Å². The Balaban J connectivity index is 0.000000188. The van der Waals surface area contributed by atoms with Gasteiger partial charge in [-0.25, -0.2) is 9.37 Å². The zero-order valence-electron chi connectivity index (χ0n) is 17.5. The van der Waals surface area contributed by atoms with E-state index in [9.17, 15) is 4.39 Å². The van der Waals surface area contributed by atoms with Gasteiger partial charge in [0.25, 0.3) is 0 Å². The minimum absolute atomic E-state index is 0.0846. The highest BCUT2D eigenvalue weighted by atomic mass is 19.1. The largest absolute Gasteiger partial charge is 0.334 e. The maximum Gasteiger partial charge on any atom is 0.127 e. The van der Waals surface area contributed by atoms with E-state index in [-0.39, 0.29) is 5.82 Å². The second-order valence-corrected chi connectivity index (χ2v) is 8.76. The molecule has 2 aromatic carbocycles. The number of aryl methyl sites for hydroxylation is 2. The van der Waals surface area contributed by atoms with E-state index in [1.54, 1.807) is 6.07 Å². The van der Waals surface area contributed by atoms with Gasteiger partial charge in [0.2, 0.25) is 0 Å². The Kier molecular flexibility index (Phi) is 6.50. The Bertz CT molecular complexity index is 903. The highest BCUT2D eigenvalue weighted by Gasteiger charge is 2.26. The molecule has 1 N–H and O–H groups in total. The van der Waals surface area contributed by atoms with Crippen LogP contribution in [0.1, 0.15) is 50.7 Å². The lowest BCUT2D eigenvalue weighted by atomic mass is 9.75. The van der Waals surface area contributed by atoms with E-state index in [0.717, 1.165) is 16.6 Å². The van der Waals surface area contributed by atoms with Gasteiger partial charge in [0.15, 0.2) is 0 Å². The van der Waals surface area contributed by atoms with Crippen LogP contribution in [0.25, 0.3) is 11.0 Å². The predicted octanol–water partition coefficient (Wildman–Crippen LogP) is 5.77. The number of aromatic nitrogens is 2. The topological polar surface area (TPSA) is 29.9 Å². The van der Waals surface area contributed by atoms with E-state index < -0.39 is 0 Å². The van der Waals surface area contributed by atoms with E-state index in [4.69, 9.17) is 0 Å². The number of imidazole rings is 1. The molecule has 3 aromatic rings. The van der Waals surface area contributed by atoms with Crippen LogP contribution in [0.3, 0.4) is 0 Å². The van der Waals surface area contributed by atoms with Crippen molar-refractivity contribution in [2.75, 3.05) is 0 Å². The summed E-state index contributed by atoms with van der Waals surface area (Å²) in [6.07, 6.45) is 6.77. The summed E-state index contributed by atoms with van der Waals surface area (Å²) in [6, 6.07) is 14.1. The van der Waals surface area contributed by atoms with Gasteiger partial charge in [0, 0.05) is 25.2 Å². The number of nitrogens with one attached hydrogen (secondary N) is 1. The van der Waals surface area contributed by atoms with Crippen molar-refractivity contribution in [1.29, 1.82) is 0 Å². The van der Waals surface area contributed by atoms with Crippen LogP contribution in [-0.4, -0.2) is 15.6 Å². The molecule has 0 atom stereocenters. The normalized spacial score (nSPS) is 16.6. The molecule has 0 aliphatic heterocycles. The minimum Gasteiger partial charge on any atom is -0.334 e. The SMILES string of the molecule is Cc1ccc(CNC2CCC(C)(C)CC2)c(F)c1.Cn1cnc2ccccc21. The average molecular weight is 382 g/mol. The van der Waals surface area contributed by atoms with Crippen LogP contribution in [0.5, 0.6) is 0 Å². The molecule has 0 amide bonds. The fourth-order valence-corrected chi connectivity index (χ4v) is 3.74. The number of nitrogens with zero attached hydrogens (tertiary/aromatic N) is 2. The van der Waals surface area contributed by atoms with Crippen LogP contribution in [0.4, 0.5) is 4.39 Å². The summed E-state index contributed by atoms with van der Waals surface area (Å²) in [5.41, 5.74) is 4.50. The maximum absolute atomic E-state index is 13.7. The molecule has 1 fully saturated rings. The van der Waals surface area contributed by atoms with E-state index in [2.05, 4.69) is 30.2 Å². The molecular formula is C24H32FN3. The van der Waals surface area contributed by atoms with Crippen LogP contribution >= 0.6 is 0 Å². The summed E-state index contributed by atoms with van der Waals surface area (Å²) in [5, 5.41) is 3.50. The molecular weight excluding hydrogens is 349 g/mol. The quantitative estimate of drug-likeness (QED) is 0.624. The second kappa shape index (κ2) is 8.87. The van der Waals surface area contributed by atoms with Crippen molar-refractivity contribution in [2.24, 2.45) is 12.5 Å². The Morgan fingerprint density at radius 2 is 1.86 bits per heavy atom. The predicted molar refractivity (Wildman–Crippen MR) is 115 cm³/mol. The number of fused-ring (bicyclic) bond motifs is 1. The minimum atomic E-state index is -0.0846. The number of hydrogen-bond acceptors (Lipinski definition) is 2. The molecule has 1 saturated carbocycles. The third kappa shape index (κ3) is 5.41. The van der Waals surface area contributed by atoms with E-state index >= 15 is 0 Å². The summed E-state index contributed by atoms with van der Waals surface area (Å²) < 4.78 is 15.7. The standard InChI is InChI=1S/C16H24FN.C8H8N2/c1-12-4-5-13(15(17)10-12)11-18-14-6-8-16(2,3)9-7-14;1-10-6-9-7-4-2-3-5-8(7)10/h4-5,10,14,18H,6-9,11H2,1-3H3;2-6H,1H3. The molecule has 1 aliphatic carbocycles. The van der Waals surface area contributed by atoms with E-state index in [1.165, 1.54) is 31.2 Å². The highest BCUT2D eigenvalue weighted by molar-refractivity contribution is 5.74. The van der Waals surface area contributed by atoms with Gasteiger partial charge in [-0.15, -0.1) is 0 Å². The Hall–Kier alpha value is -2.20. The number of hydrogen-bond donors (Lipinski definition) is 1. The van der Waals surface area contributed by atoms with Gasteiger partial charge >= 0.3 is 0 Å². The molecule has 0 bridgehead atoms. The summed E-state index contributed by atoms with van der Waals surface area (Å²) in [5.74, 6) is -0.0846. The van der Waals surface area contributed by atoms with Crippen LogP contribution in [0, 0.1) is 18.2 Å². The smallest absolute Gasteiger partial charge is 0.127 e. The van der Waals surface area contributed by atoms with Gasteiger partial charge in [0.05, 0.1) is 17.4 Å². The Labute approximate surface area is 168 Å². The molecule has 0 saturated heterocycles. The van der Waals surface area contributed by atoms with Crippen molar-refractivity contribution in [3.8, 4) is 0 Å². The van der Waals surface area contributed by atoms with Crippen molar-refractivity contribution >= 4 is 11.0 Å². The molecule has 150 valence electrons. The maximum atomic E-state index is 13.7. The first-order valence-corrected chi connectivity index (χ1v) is 10.2. The Morgan fingerprint density at radius 1 is 1.14 bits per heavy atom. The Morgan fingerprint density at radius 3 is 2.54 bits per heavy atom. The lowest BCUT2D eigenvalue weighted by Gasteiger charge is -2.34. The molecule has 3 nitrogen and oxygen atoms in total. The molecule has 4 heteroatoms. The average Bonchev–Trinajstić information content (AvgIpc) is 3.04. The molecule has 4 rings (SSSR count). The highest BCUT2D eigenvalue weighted by Crippen LogP contribution is 2.35. The fraction of sp³-hybridized carbons (Fsp3) is 0.458. The second-order valence-electron chi connectivity index (χ2n) is 8.76. The first-order valence-electron chi connectivity index (χ1n) is 10.2. The van der Waals surface area contributed by atoms with Gasteiger partial charge in [-0.2, -0.15) is 0 Å². The molecule has 0 spiro atoms. The van der Waals surface area contributed by atoms with Gasteiger partial charge in [-0.05, 0) is 61.8 Å². The zero-order valence-corrected chi connectivity index (χ0v) is 17.5. The molecule has 1 aromatic heterocycles. The van der Waals surface area contributed by atoms with Crippen molar-refractivity contribution in [1.82, 2.24) is 14.9 Å². The number of rotatable bonds is 3. The third-order valence-electron chi connectivity index (χ3n) is 5.76. The lowest BCUT2D eigenvalue weighted by molar-refractivity contribution is 0.205. The molecule has 28 heavy (non-hydrogen) atoms. The number of halogens is 1. The van der Waals surface area contributed by atoms with Crippen LogP contribution in [0.15, 0.2) is 48.8 Å². The molecule has 0 unspecified atom stereocenters. The van der Waals surface area contributed by atoms with Gasteiger partial charge in [0.1, 0.15) is 5.82 Å². The van der Waals surface area contributed by atoms with Crippen molar-refractivity contribution in [3.05, 3.63) is 65.7 Å². The van der Waals surface area contributed by atoms with Crippen molar-refractivity contribution in [2.45, 2.75) is 59.0 Å². The zero-order chi connectivity index (χ0) is 20.1.